The minimum Gasteiger partial charge on any atom is -0.469 e. The van der Waals surface area contributed by atoms with Crippen molar-refractivity contribution < 1.29 is 8.95 Å². The van der Waals surface area contributed by atoms with Crippen LogP contribution in [0.15, 0.2) is 47.5 Å². The zero-order valence-electron chi connectivity index (χ0n) is 20.5. The van der Waals surface area contributed by atoms with Crippen molar-refractivity contribution in [3.63, 3.8) is 0 Å². The standard InChI is InChI=1S/C27H29N5O2S/c1-17-9-24-26(28-14-17)34-27(7-8-27)16-32(35(24)33)15-22-11-20(6-5-18(22)2)12-23-13-21-10-19(3)29-30-25(21)31(23)4/h5-6,9-11,13-14H,7-8,12,15-16H2,1-4H3. The van der Waals surface area contributed by atoms with E-state index < -0.39 is 11.0 Å². The number of benzene rings is 1. The molecule has 1 unspecified atom stereocenters. The van der Waals surface area contributed by atoms with E-state index in [-0.39, 0.29) is 5.60 Å². The average molecular weight is 488 g/mol. The van der Waals surface area contributed by atoms with Crippen LogP contribution in [0.25, 0.3) is 11.0 Å². The molecule has 1 aliphatic heterocycles. The third kappa shape index (κ3) is 4.15. The first kappa shape index (κ1) is 22.4. The number of hydrogen-bond donors (Lipinski definition) is 0. The molecule has 35 heavy (non-hydrogen) atoms. The summed E-state index contributed by atoms with van der Waals surface area (Å²) in [5.74, 6) is 0.522. The number of ether oxygens (including phenoxy) is 1. The Bertz CT molecular complexity index is 1490. The fourth-order valence-electron chi connectivity index (χ4n) is 4.86. The Labute approximate surface area is 207 Å². The first-order valence-electron chi connectivity index (χ1n) is 12.0. The molecule has 6 rings (SSSR count). The largest absolute Gasteiger partial charge is 0.469 e. The van der Waals surface area contributed by atoms with Gasteiger partial charge in [0.05, 0.1) is 12.2 Å². The molecule has 3 aromatic heterocycles. The Balaban J connectivity index is 1.30. The molecule has 1 aliphatic carbocycles. The number of aromatic nitrogens is 4. The van der Waals surface area contributed by atoms with Crippen molar-refractivity contribution in [2.75, 3.05) is 6.54 Å². The summed E-state index contributed by atoms with van der Waals surface area (Å²) >= 11 is 0. The predicted octanol–water partition coefficient (Wildman–Crippen LogP) is 4.33. The van der Waals surface area contributed by atoms with Gasteiger partial charge in [0.2, 0.25) is 5.88 Å². The molecule has 4 aromatic rings. The summed E-state index contributed by atoms with van der Waals surface area (Å²) < 4.78 is 24.1. The van der Waals surface area contributed by atoms with Crippen molar-refractivity contribution in [1.82, 2.24) is 24.1 Å². The molecule has 0 bridgehead atoms. The van der Waals surface area contributed by atoms with Gasteiger partial charge in [-0.1, -0.05) is 18.2 Å². The van der Waals surface area contributed by atoms with E-state index in [2.05, 4.69) is 61.3 Å². The summed E-state index contributed by atoms with van der Waals surface area (Å²) in [6, 6.07) is 12.8. The molecule has 0 N–H and O–H groups in total. The summed E-state index contributed by atoms with van der Waals surface area (Å²) in [6.07, 6.45) is 4.52. The molecule has 1 spiro atoms. The predicted molar refractivity (Wildman–Crippen MR) is 136 cm³/mol. The molecular formula is C27H29N5O2S. The average Bonchev–Trinajstić information content (AvgIpc) is 3.54. The number of nitrogens with zero attached hydrogens (tertiary/aromatic N) is 5. The fourth-order valence-corrected chi connectivity index (χ4v) is 6.28. The van der Waals surface area contributed by atoms with Crippen LogP contribution in [0.1, 0.15) is 46.5 Å². The molecule has 1 saturated carbocycles. The van der Waals surface area contributed by atoms with Crippen LogP contribution in [0.5, 0.6) is 5.88 Å². The van der Waals surface area contributed by atoms with Crippen molar-refractivity contribution in [2.45, 2.75) is 57.1 Å². The molecule has 2 aliphatic rings. The van der Waals surface area contributed by atoms with Gasteiger partial charge in [0.25, 0.3) is 0 Å². The lowest BCUT2D eigenvalue weighted by atomic mass is 10.0. The maximum Gasteiger partial charge on any atom is 0.231 e. The zero-order chi connectivity index (χ0) is 24.3. The molecule has 0 saturated heterocycles. The van der Waals surface area contributed by atoms with E-state index in [0.29, 0.717) is 23.9 Å². The van der Waals surface area contributed by atoms with E-state index >= 15 is 0 Å². The molecule has 8 heteroatoms. The molecule has 4 heterocycles. The highest BCUT2D eigenvalue weighted by Crippen LogP contribution is 2.45. The van der Waals surface area contributed by atoms with Crippen LogP contribution in [0.4, 0.5) is 0 Å². The summed E-state index contributed by atoms with van der Waals surface area (Å²) in [7, 11) is 0.711. The highest BCUT2D eigenvalue weighted by Gasteiger charge is 2.50. The normalized spacial score (nSPS) is 18.9. The summed E-state index contributed by atoms with van der Waals surface area (Å²) in [5, 5.41) is 9.69. The minimum absolute atomic E-state index is 0.267. The van der Waals surface area contributed by atoms with Crippen LogP contribution < -0.4 is 4.74 Å². The second-order valence-electron chi connectivity index (χ2n) is 10.0. The van der Waals surface area contributed by atoms with E-state index in [1.807, 2.05) is 27.0 Å². The third-order valence-corrected chi connectivity index (χ3v) is 8.50. The van der Waals surface area contributed by atoms with Gasteiger partial charge in [0, 0.05) is 37.3 Å². The van der Waals surface area contributed by atoms with Gasteiger partial charge in [-0.25, -0.2) is 13.5 Å². The van der Waals surface area contributed by atoms with Crippen LogP contribution >= 0.6 is 0 Å². The van der Waals surface area contributed by atoms with Crippen LogP contribution in [-0.2, 0) is 31.0 Å². The van der Waals surface area contributed by atoms with Gasteiger partial charge in [-0.3, -0.25) is 0 Å². The first-order chi connectivity index (χ1) is 16.8. The van der Waals surface area contributed by atoms with Crippen LogP contribution in [0.3, 0.4) is 0 Å². The van der Waals surface area contributed by atoms with E-state index in [1.54, 1.807) is 6.20 Å². The minimum atomic E-state index is -1.33. The maximum atomic E-state index is 13.7. The molecule has 1 aromatic carbocycles. The number of hydrogen-bond acceptors (Lipinski definition) is 5. The van der Waals surface area contributed by atoms with Gasteiger partial charge < -0.3 is 9.30 Å². The molecule has 0 radical (unpaired) electrons. The third-order valence-electron chi connectivity index (χ3n) is 7.10. The highest BCUT2D eigenvalue weighted by atomic mass is 32.2. The number of fused-ring (bicyclic) bond motifs is 2. The number of rotatable bonds is 4. The monoisotopic (exact) mass is 487 g/mol. The Morgan fingerprint density at radius 3 is 2.71 bits per heavy atom. The Hall–Kier alpha value is -3.10. The van der Waals surface area contributed by atoms with Crippen molar-refractivity contribution in [1.29, 1.82) is 0 Å². The second kappa shape index (κ2) is 8.24. The van der Waals surface area contributed by atoms with E-state index in [9.17, 15) is 4.21 Å². The molecule has 7 nitrogen and oxygen atoms in total. The summed E-state index contributed by atoms with van der Waals surface area (Å²) in [6.45, 7) is 7.30. The zero-order valence-corrected chi connectivity index (χ0v) is 21.4. The van der Waals surface area contributed by atoms with Gasteiger partial charge >= 0.3 is 0 Å². The highest BCUT2D eigenvalue weighted by molar-refractivity contribution is 7.82. The SMILES string of the molecule is Cc1cnc2c(c1)S(=O)N(Cc1cc(Cc3cc4cc(C)nnc4n3C)ccc1C)CC1(CC1)O2. The summed E-state index contributed by atoms with van der Waals surface area (Å²) in [5.41, 5.74) is 7.33. The van der Waals surface area contributed by atoms with Gasteiger partial charge in [0.1, 0.15) is 21.5 Å². The van der Waals surface area contributed by atoms with Gasteiger partial charge in [-0.15, -0.1) is 5.10 Å². The Morgan fingerprint density at radius 2 is 1.91 bits per heavy atom. The smallest absolute Gasteiger partial charge is 0.231 e. The lowest BCUT2D eigenvalue weighted by molar-refractivity contribution is 0.145. The van der Waals surface area contributed by atoms with E-state index in [1.165, 1.54) is 22.4 Å². The van der Waals surface area contributed by atoms with E-state index in [4.69, 9.17) is 4.74 Å². The lowest BCUT2D eigenvalue weighted by Gasteiger charge is -2.23. The topological polar surface area (TPSA) is 73.1 Å². The van der Waals surface area contributed by atoms with Gasteiger partial charge in [0.15, 0.2) is 5.65 Å². The lowest BCUT2D eigenvalue weighted by Crippen LogP contribution is -2.35. The van der Waals surface area contributed by atoms with Crippen molar-refractivity contribution in [3.8, 4) is 5.88 Å². The molecular weight excluding hydrogens is 458 g/mol. The summed E-state index contributed by atoms with van der Waals surface area (Å²) in [4.78, 5) is 5.14. The fraction of sp³-hybridized carbons (Fsp3) is 0.370. The van der Waals surface area contributed by atoms with Gasteiger partial charge in [-0.05, 0) is 74.1 Å². The van der Waals surface area contributed by atoms with Crippen molar-refractivity contribution >= 4 is 22.0 Å². The first-order valence-corrected chi connectivity index (χ1v) is 13.1. The second-order valence-corrected chi connectivity index (χ2v) is 11.5. The van der Waals surface area contributed by atoms with Crippen LogP contribution in [-0.4, -0.2) is 40.4 Å². The Morgan fingerprint density at radius 1 is 1.09 bits per heavy atom. The maximum absolute atomic E-state index is 13.7. The molecule has 0 amide bonds. The number of aryl methyl sites for hydroxylation is 4. The van der Waals surface area contributed by atoms with Crippen LogP contribution in [0.2, 0.25) is 0 Å². The Kier molecular flexibility index (Phi) is 5.27. The van der Waals surface area contributed by atoms with Crippen molar-refractivity contribution in [3.05, 3.63) is 76.2 Å². The molecule has 1 fully saturated rings. The molecule has 1 atom stereocenters. The van der Waals surface area contributed by atoms with Crippen molar-refractivity contribution in [2.24, 2.45) is 7.05 Å². The quantitative estimate of drug-likeness (QED) is 0.428. The van der Waals surface area contributed by atoms with Gasteiger partial charge in [-0.2, -0.15) is 5.10 Å². The van der Waals surface area contributed by atoms with E-state index in [0.717, 1.165) is 41.6 Å². The molecule has 180 valence electrons. The van der Waals surface area contributed by atoms with Crippen LogP contribution in [0, 0.1) is 20.8 Å². The number of pyridine rings is 1.